The molecule has 0 aromatic heterocycles. The Hall–Kier alpha value is -4.58. The van der Waals surface area contributed by atoms with Gasteiger partial charge in [0.2, 0.25) is 0 Å². The second-order valence-electron chi connectivity index (χ2n) is 8.21. The monoisotopic (exact) mass is 434 g/mol. The van der Waals surface area contributed by atoms with E-state index in [-0.39, 0.29) is 22.7 Å². The highest BCUT2D eigenvalue weighted by molar-refractivity contribution is 6.31. The maximum atomic E-state index is 12.3. The standard InChI is InChI=1S/C14H10N2O2.C13H12N2/c15-9-5-1-3-7-11(9)14(18)8-4-2-6-10(16)12(8)13(7)17;14-10-1-3-12-8(6-10)5-9-7-11(15)2-4-13(9)12/h1-6H,15-16H2;1-4,6-7H,5,14-15H2. The summed E-state index contributed by atoms with van der Waals surface area (Å²) in [7, 11) is 0. The summed E-state index contributed by atoms with van der Waals surface area (Å²) >= 11 is 0. The molecule has 6 rings (SSSR count). The number of hydrogen-bond acceptors (Lipinski definition) is 6. The van der Waals surface area contributed by atoms with Gasteiger partial charge < -0.3 is 22.9 Å². The highest BCUT2D eigenvalue weighted by Gasteiger charge is 2.32. The highest BCUT2D eigenvalue weighted by atomic mass is 16.1. The van der Waals surface area contributed by atoms with Crippen LogP contribution in [-0.4, -0.2) is 11.6 Å². The summed E-state index contributed by atoms with van der Waals surface area (Å²) in [6.45, 7) is 0. The van der Waals surface area contributed by atoms with Crippen LogP contribution in [0.1, 0.15) is 43.0 Å². The molecule has 0 saturated carbocycles. The fraction of sp³-hybridized carbons (Fsp3) is 0.0370. The third-order valence-corrected chi connectivity index (χ3v) is 6.07. The molecule has 0 radical (unpaired) electrons. The van der Waals surface area contributed by atoms with Crippen LogP contribution in [0.5, 0.6) is 0 Å². The second kappa shape index (κ2) is 7.53. The van der Waals surface area contributed by atoms with E-state index < -0.39 is 0 Å². The molecule has 2 aliphatic carbocycles. The lowest BCUT2D eigenvalue weighted by molar-refractivity contribution is 0.0980. The maximum Gasteiger partial charge on any atom is 0.196 e. The number of benzene rings is 4. The van der Waals surface area contributed by atoms with Gasteiger partial charge in [-0.05, 0) is 65.1 Å². The Morgan fingerprint density at radius 2 is 0.939 bits per heavy atom. The van der Waals surface area contributed by atoms with E-state index in [1.165, 1.54) is 22.3 Å². The van der Waals surface area contributed by atoms with Crippen molar-refractivity contribution in [2.75, 3.05) is 22.9 Å². The molecule has 0 amide bonds. The molecule has 0 atom stereocenters. The van der Waals surface area contributed by atoms with Crippen LogP contribution < -0.4 is 22.9 Å². The molecule has 162 valence electrons. The summed E-state index contributed by atoms with van der Waals surface area (Å²) in [6, 6.07) is 21.9. The van der Waals surface area contributed by atoms with E-state index in [4.69, 9.17) is 22.9 Å². The Morgan fingerprint density at radius 1 is 0.515 bits per heavy atom. The Bertz CT molecular complexity index is 1360. The van der Waals surface area contributed by atoms with Crippen LogP contribution in [0.25, 0.3) is 11.1 Å². The van der Waals surface area contributed by atoms with Gasteiger partial charge in [0.05, 0.1) is 11.1 Å². The topological polar surface area (TPSA) is 138 Å². The predicted molar refractivity (Wildman–Crippen MR) is 132 cm³/mol. The van der Waals surface area contributed by atoms with Gasteiger partial charge in [0.25, 0.3) is 0 Å². The average molecular weight is 434 g/mol. The second-order valence-corrected chi connectivity index (χ2v) is 8.21. The number of carbonyl (C=O) groups excluding carboxylic acids is 2. The van der Waals surface area contributed by atoms with Gasteiger partial charge in [-0.25, -0.2) is 0 Å². The van der Waals surface area contributed by atoms with Crippen LogP contribution in [0, 0.1) is 0 Å². The van der Waals surface area contributed by atoms with Crippen molar-refractivity contribution in [3.8, 4) is 11.1 Å². The molecule has 0 aliphatic heterocycles. The first kappa shape index (κ1) is 20.3. The van der Waals surface area contributed by atoms with Gasteiger partial charge in [-0.15, -0.1) is 0 Å². The zero-order valence-electron chi connectivity index (χ0n) is 17.8. The van der Waals surface area contributed by atoms with Crippen LogP contribution in [-0.2, 0) is 6.42 Å². The molecule has 6 heteroatoms. The number of nitrogen functional groups attached to an aromatic ring is 4. The number of fused-ring (bicyclic) bond motifs is 5. The van der Waals surface area contributed by atoms with Crippen molar-refractivity contribution in [3.05, 3.63) is 106 Å². The summed E-state index contributed by atoms with van der Waals surface area (Å²) < 4.78 is 0. The Balaban J connectivity index is 0.000000140. The van der Waals surface area contributed by atoms with E-state index in [2.05, 4.69) is 12.1 Å². The molecule has 0 fully saturated rings. The zero-order valence-corrected chi connectivity index (χ0v) is 17.8. The molecule has 8 N–H and O–H groups in total. The summed E-state index contributed by atoms with van der Waals surface area (Å²) in [5.74, 6) is -0.491. The number of rotatable bonds is 0. The number of anilines is 4. The van der Waals surface area contributed by atoms with E-state index in [1.807, 2.05) is 24.3 Å². The van der Waals surface area contributed by atoms with E-state index in [1.54, 1.807) is 36.4 Å². The fourth-order valence-electron chi connectivity index (χ4n) is 4.55. The number of carbonyl (C=O) groups is 2. The van der Waals surface area contributed by atoms with Crippen LogP contribution >= 0.6 is 0 Å². The van der Waals surface area contributed by atoms with Gasteiger partial charge in [-0.3, -0.25) is 9.59 Å². The zero-order chi connectivity index (χ0) is 23.3. The van der Waals surface area contributed by atoms with E-state index in [0.717, 1.165) is 17.8 Å². The summed E-state index contributed by atoms with van der Waals surface area (Å²) in [4.78, 5) is 24.7. The van der Waals surface area contributed by atoms with Crippen LogP contribution in [0.3, 0.4) is 0 Å². The van der Waals surface area contributed by atoms with Gasteiger partial charge in [0, 0.05) is 33.9 Å². The summed E-state index contributed by atoms with van der Waals surface area (Å²) in [6.07, 6.45) is 0.945. The van der Waals surface area contributed by atoms with E-state index >= 15 is 0 Å². The first-order valence-electron chi connectivity index (χ1n) is 10.5. The number of ketones is 2. The molecule has 2 aliphatic rings. The lowest BCUT2D eigenvalue weighted by Crippen LogP contribution is -2.23. The third kappa shape index (κ3) is 3.29. The van der Waals surface area contributed by atoms with Crippen molar-refractivity contribution in [1.29, 1.82) is 0 Å². The lowest BCUT2D eigenvalue weighted by atomic mass is 9.82. The molecule has 6 nitrogen and oxygen atoms in total. The summed E-state index contributed by atoms with van der Waals surface area (Å²) in [5, 5.41) is 0. The Labute approximate surface area is 190 Å². The molecule has 0 heterocycles. The minimum Gasteiger partial charge on any atom is -0.399 e. The molecular formula is C27H22N4O2. The fourth-order valence-corrected chi connectivity index (χ4v) is 4.55. The normalized spacial score (nSPS) is 12.7. The molecule has 0 saturated heterocycles. The molecule has 33 heavy (non-hydrogen) atoms. The Morgan fingerprint density at radius 3 is 1.36 bits per heavy atom. The van der Waals surface area contributed by atoms with Gasteiger partial charge in [-0.2, -0.15) is 0 Å². The first-order chi connectivity index (χ1) is 15.8. The summed E-state index contributed by atoms with van der Waals surface area (Å²) in [5.41, 5.74) is 31.8. The van der Waals surface area contributed by atoms with Gasteiger partial charge >= 0.3 is 0 Å². The Kier molecular flexibility index (Phi) is 4.64. The van der Waals surface area contributed by atoms with Gasteiger partial charge in [-0.1, -0.05) is 36.4 Å². The largest absolute Gasteiger partial charge is 0.399 e. The number of hydrogen-bond donors (Lipinski definition) is 4. The molecule has 4 aromatic rings. The van der Waals surface area contributed by atoms with Crippen molar-refractivity contribution < 1.29 is 9.59 Å². The molecule has 4 aromatic carbocycles. The van der Waals surface area contributed by atoms with Gasteiger partial charge in [0.15, 0.2) is 11.6 Å². The van der Waals surface area contributed by atoms with Crippen LogP contribution in [0.15, 0.2) is 72.8 Å². The van der Waals surface area contributed by atoms with Crippen molar-refractivity contribution in [1.82, 2.24) is 0 Å². The maximum absolute atomic E-state index is 12.3. The SMILES string of the molecule is Nc1ccc2c(c1)Cc1cc(N)ccc1-2.Nc1cccc2c1C(=O)c1cccc(N)c1C2=O. The van der Waals surface area contributed by atoms with Crippen LogP contribution in [0.2, 0.25) is 0 Å². The van der Waals surface area contributed by atoms with E-state index in [9.17, 15) is 9.59 Å². The molecule has 0 spiro atoms. The third-order valence-electron chi connectivity index (χ3n) is 6.07. The minimum absolute atomic E-state index is 0.245. The van der Waals surface area contributed by atoms with Crippen molar-refractivity contribution >= 4 is 34.3 Å². The average Bonchev–Trinajstić information content (AvgIpc) is 3.14. The first-order valence-corrected chi connectivity index (χ1v) is 10.5. The van der Waals surface area contributed by atoms with E-state index in [0.29, 0.717) is 22.5 Å². The minimum atomic E-state index is -0.245. The van der Waals surface area contributed by atoms with Crippen molar-refractivity contribution in [2.24, 2.45) is 0 Å². The van der Waals surface area contributed by atoms with Crippen LogP contribution in [0.4, 0.5) is 22.7 Å². The molecular weight excluding hydrogens is 412 g/mol. The highest BCUT2D eigenvalue weighted by Crippen LogP contribution is 2.38. The quantitative estimate of drug-likeness (QED) is 0.266. The number of nitrogens with two attached hydrogens (primary N) is 4. The van der Waals surface area contributed by atoms with Crippen molar-refractivity contribution in [2.45, 2.75) is 6.42 Å². The molecule has 0 unspecified atom stereocenters. The van der Waals surface area contributed by atoms with Crippen molar-refractivity contribution in [3.63, 3.8) is 0 Å². The smallest absolute Gasteiger partial charge is 0.196 e. The lowest BCUT2D eigenvalue weighted by Gasteiger charge is -2.19. The van der Waals surface area contributed by atoms with Gasteiger partial charge in [0.1, 0.15) is 0 Å². The predicted octanol–water partition coefficient (Wildman–Crippen LogP) is 4.05. The molecule has 0 bridgehead atoms.